The first-order valence-corrected chi connectivity index (χ1v) is 9.24. The van der Waals surface area contributed by atoms with Gasteiger partial charge in [-0.15, -0.1) is 0 Å². The van der Waals surface area contributed by atoms with Gasteiger partial charge >= 0.3 is 0 Å². The molecule has 0 aromatic heterocycles. The van der Waals surface area contributed by atoms with Gasteiger partial charge in [0, 0.05) is 0 Å². The molecule has 148 valence electrons. The van der Waals surface area contributed by atoms with E-state index in [1.54, 1.807) is 31.4 Å². The van der Waals surface area contributed by atoms with E-state index in [4.69, 9.17) is 16.3 Å². The molecule has 2 aromatic rings. The Hall–Kier alpha value is -2.86. The van der Waals surface area contributed by atoms with E-state index in [0.29, 0.717) is 10.6 Å². The number of nitrogens with one attached hydrogen (secondary N) is 2. The number of methoxy groups -OCH3 is 1. The third-order valence-electron chi connectivity index (χ3n) is 4.17. The Bertz CT molecular complexity index is 881. The third-order valence-corrected chi connectivity index (χ3v) is 4.50. The molecule has 1 unspecified atom stereocenters. The van der Waals surface area contributed by atoms with Crippen LogP contribution in [0, 0.1) is 12.8 Å². The van der Waals surface area contributed by atoms with E-state index in [1.807, 2.05) is 39.0 Å². The standard InChI is InChI=1S/C21H24ClN3O3/c1-13(2)19(24-20(26)16-7-5-6-8-17(16)22)21(27)25-23-12-15-10-9-14(3)18(11-15)28-4/h5-13,19H,1-4H3,(H,24,26)(H,25,27). The summed E-state index contributed by atoms with van der Waals surface area (Å²) in [4.78, 5) is 25.0. The van der Waals surface area contributed by atoms with Crippen LogP contribution in [0.2, 0.25) is 5.02 Å². The monoisotopic (exact) mass is 401 g/mol. The van der Waals surface area contributed by atoms with Crippen molar-refractivity contribution >= 4 is 29.6 Å². The Morgan fingerprint density at radius 2 is 1.89 bits per heavy atom. The highest BCUT2D eigenvalue weighted by Crippen LogP contribution is 2.18. The van der Waals surface area contributed by atoms with Crippen molar-refractivity contribution in [1.82, 2.24) is 10.7 Å². The number of aryl methyl sites for hydroxylation is 1. The van der Waals surface area contributed by atoms with E-state index in [2.05, 4.69) is 15.8 Å². The maximum atomic E-state index is 12.5. The number of carbonyl (C=O) groups excluding carboxylic acids is 2. The highest BCUT2D eigenvalue weighted by molar-refractivity contribution is 6.33. The third kappa shape index (κ3) is 5.57. The van der Waals surface area contributed by atoms with Crippen LogP contribution in [0.1, 0.15) is 35.3 Å². The Morgan fingerprint density at radius 3 is 2.54 bits per heavy atom. The lowest BCUT2D eigenvalue weighted by atomic mass is 10.0. The molecule has 2 N–H and O–H groups in total. The highest BCUT2D eigenvalue weighted by atomic mass is 35.5. The van der Waals surface area contributed by atoms with Crippen LogP contribution < -0.4 is 15.5 Å². The van der Waals surface area contributed by atoms with Gasteiger partial charge in [0.15, 0.2) is 0 Å². The zero-order chi connectivity index (χ0) is 20.7. The van der Waals surface area contributed by atoms with E-state index in [9.17, 15) is 9.59 Å². The van der Waals surface area contributed by atoms with Crippen LogP contribution in [0.15, 0.2) is 47.6 Å². The fourth-order valence-corrected chi connectivity index (χ4v) is 2.78. The molecule has 6 nitrogen and oxygen atoms in total. The molecule has 7 heteroatoms. The fraction of sp³-hybridized carbons (Fsp3) is 0.286. The number of benzene rings is 2. The summed E-state index contributed by atoms with van der Waals surface area (Å²) in [6, 6.07) is 11.5. The molecule has 0 fully saturated rings. The smallest absolute Gasteiger partial charge is 0.262 e. The predicted molar refractivity (Wildman–Crippen MR) is 111 cm³/mol. The van der Waals surface area contributed by atoms with Crippen LogP contribution in [0.25, 0.3) is 0 Å². The van der Waals surface area contributed by atoms with Crippen LogP contribution in [0.3, 0.4) is 0 Å². The number of hydrazone groups is 1. The van der Waals surface area contributed by atoms with E-state index in [1.165, 1.54) is 6.21 Å². The quantitative estimate of drug-likeness (QED) is 0.550. The Labute approximate surface area is 169 Å². The molecule has 0 bridgehead atoms. The molecule has 0 saturated carbocycles. The number of hydrogen-bond donors (Lipinski definition) is 2. The Balaban J connectivity index is 2.05. The largest absolute Gasteiger partial charge is 0.496 e. The summed E-state index contributed by atoms with van der Waals surface area (Å²) >= 11 is 6.05. The van der Waals surface area contributed by atoms with Crippen LogP contribution in [-0.2, 0) is 4.79 Å². The number of amides is 2. The van der Waals surface area contributed by atoms with E-state index >= 15 is 0 Å². The van der Waals surface area contributed by atoms with Gasteiger partial charge in [-0.25, -0.2) is 5.43 Å². The average molecular weight is 402 g/mol. The van der Waals surface area contributed by atoms with Crippen molar-refractivity contribution < 1.29 is 14.3 Å². The summed E-state index contributed by atoms with van der Waals surface area (Å²) < 4.78 is 5.27. The molecule has 0 aliphatic heterocycles. The number of hydrogen-bond acceptors (Lipinski definition) is 4. The SMILES string of the molecule is COc1cc(C=NNC(=O)C(NC(=O)c2ccccc2Cl)C(C)C)ccc1C. The zero-order valence-electron chi connectivity index (χ0n) is 16.3. The number of ether oxygens (including phenoxy) is 1. The second-order valence-corrected chi connectivity index (χ2v) is 7.05. The summed E-state index contributed by atoms with van der Waals surface area (Å²) in [7, 11) is 1.60. The number of halogens is 1. The van der Waals surface area contributed by atoms with Gasteiger partial charge in [0.05, 0.1) is 23.9 Å². The summed E-state index contributed by atoms with van der Waals surface area (Å²) in [5.41, 5.74) is 4.58. The second kappa shape index (κ2) is 9.90. The maximum absolute atomic E-state index is 12.5. The van der Waals surface area contributed by atoms with Gasteiger partial charge in [-0.3, -0.25) is 9.59 Å². The first kappa shape index (κ1) is 21.4. The molecule has 0 heterocycles. The summed E-state index contributed by atoms with van der Waals surface area (Å²) in [6.07, 6.45) is 1.52. The lowest BCUT2D eigenvalue weighted by Crippen LogP contribution is -2.48. The predicted octanol–water partition coefficient (Wildman–Crippen LogP) is 3.56. The minimum Gasteiger partial charge on any atom is -0.496 e. The topological polar surface area (TPSA) is 79.8 Å². The lowest BCUT2D eigenvalue weighted by molar-refractivity contribution is -0.123. The molecule has 1 atom stereocenters. The average Bonchev–Trinajstić information content (AvgIpc) is 2.67. The van der Waals surface area contributed by atoms with Gasteiger partial charge < -0.3 is 10.1 Å². The number of nitrogens with zero attached hydrogens (tertiary/aromatic N) is 1. The lowest BCUT2D eigenvalue weighted by Gasteiger charge is -2.20. The van der Waals surface area contributed by atoms with Crippen LogP contribution in [-0.4, -0.2) is 31.2 Å². The molecule has 0 saturated heterocycles. The normalized spacial score (nSPS) is 12.1. The van der Waals surface area contributed by atoms with Crippen molar-refractivity contribution in [2.75, 3.05) is 7.11 Å². The first-order chi connectivity index (χ1) is 13.3. The number of carbonyl (C=O) groups is 2. The molecule has 0 radical (unpaired) electrons. The number of rotatable bonds is 7. The van der Waals surface area contributed by atoms with E-state index < -0.39 is 17.9 Å². The van der Waals surface area contributed by atoms with Gasteiger partial charge in [-0.05, 0) is 42.2 Å². The molecule has 0 spiro atoms. The van der Waals surface area contributed by atoms with Crippen molar-refractivity contribution in [2.45, 2.75) is 26.8 Å². The summed E-state index contributed by atoms with van der Waals surface area (Å²) in [5.74, 6) is -0.221. The maximum Gasteiger partial charge on any atom is 0.262 e. The van der Waals surface area contributed by atoms with Crippen molar-refractivity contribution in [3.8, 4) is 5.75 Å². The molecule has 0 aliphatic carbocycles. The van der Waals surface area contributed by atoms with Crippen molar-refractivity contribution in [2.24, 2.45) is 11.0 Å². The molecule has 2 aromatic carbocycles. The minimum atomic E-state index is -0.756. The van der Waals surface area contributed by atoms with Gasteiger partial charge in [0.25, 0.3) is 11.8 Å². The van der Waals surface area contributed by atoms with Gasteiger partial charge in [0.2, 0.25) is 0 Å². The van der Waals surface area contributed by atoms with Crippen LogP contribution in [0.5, 0.6) is 5.75 Å². The second-order valence-electron chi connectivity index (χ2n) is 6.64. The first-order valence-electron chi connectivity index (χ1n) is 8.86. The van der Waals surface area contributed by atoms with Crippen LogP contribution >= 0.6 is 11.6 Å². The molecular formula is C21H24ClN3O3. The van der Waals surface area contributed by atoms with Gasteiger partial charge in [0.1, 0.15) is 11.8 Å². The molecule has 28 heavy (non-hydrogen) atoms. The fourth-order valence-electron chi connectivity index (χ4n) is 2.56. The van der Waals surface area contributed by atoms with Gasteiger partial charge in [-0.2, -0.15) is 5.10 Å². The van der Waals surface area contributed by atoms with E-state index in [-0.39, 0.29) is 5.92 Å². The van der Waals surface area contributed by atoms with Crippen LogP contribution in [0.4, 0.5) is 0 Å². The molecular weight excluding hydrogens is 378 g/mol. The van der Waals surface area contributed by atoms with Gasteiger partial charge in [-0.1, -0.05) is 49.7 Å². The molecule has 2 amide bonds. The van der Waals surface area contributed by atoms with Crippen molar-refractivity contribution in [1.29, 1.82) is 0 Å². The molecule has 2 rings (SSSR count). The Kier molecular flexibility index (Phi) is 7.58. The van der Waals surface area contributed by atoms with E-state index in [0.717, 1.165) is 16.9 Å². The Morgan fingerprint density at radius 1 is 1.18 bits per heavy atom. The van der Waals surface area contributed by atoms with Crippen molar-refractivity contribution in [3.63, 3.8) is 0 Å². The summed E-state index contributed by atoms with van der Waals surface area (Å²) in [6.45, 7) is 5.62. The van der Waals surface area contributed by atoms with Crippen molar-refractivity contribution in [3.05, 3.63) is 64.2 Å². The highest BCUT2D eigenvalue weighted by Gasteiger charge is 2.25. The molecule has 0 aliphatic rings. The zero-order valence-corrected chi connectivity index (χ0v) is 17.1. The summed E-state index contributed by atoms with van der Waals surface area (Å²) in [5, 5.41) is 7.04. The minimum absolute atomic E-state index is 0.138.